The fourth-order valence-electron chi connectivity index (χ4n) is 5.02. The summed E-state index contributed by atoms with van der Waals surface area (Å²) in [5.74, 6) is -0.124. The zero-order valence-electron chi connectivity index (χ0n) is 23.3. The molecule has 42 heavy (non-hydrogen) atoms. The molecule has 4 aromatic heterocycles. The number of amides is 1. The number of fused-ring (bicyclic) bond motifs is 2. The van der Waals surface area contributed by atoms with E-state index in [1.807, 2.05) is 80.6 Å². The topological polar surface area (TPSA) is 112 Å². The first-order valence-corrected chi connectivity index (χ1v) is 13.7. The van der Waals surface area contributed by atoms with E-state index in [0.717, 1.165) is 61.5 Å². The Labute approximate surface area is 243 Å². The molecule has 1 amide bonds. The monoisotopic (exact) mass is 550 g/mol. The minimum Gasteiger partial charge on any atom is -0.397 e. The summed E-state index contributed by atoms with van der Waals surface area (Å²) in [6.07, 6.45) is 3.56. The standard InChI is InChI=1S/C21H17N3O.C14H13N3/c1-14-11-16-13-18(17-9-5-6-10-22-17)23-20(16)19(12-14)24-21(25)15-7-3-2-4-8-15;1-9-6-10-8-13(12-4-2-3-5-16-12)17-14(10)11(15)7-9/h2-13,23H,1H3,(H,24,25);2-8,17H,15H2,1H3. The van der Waals surface area contributed by atoms with Crippen molar-refractivity contribution in [1.82, 2.24) is 19.9 Å². The number of aryl methyl sites for hydroxylation is 2. The number of nitrogen functional groups attached to an aromatic ring is 1. The fourth-order valence-corrected chi connectivity index (χ4v) is 5.02. The number of rotatable bonds is 4. The number of aromatic nitrogens is 4. The maximum Gasteiger partial charge on any atom is 0.255 e. The number of nitrogens with zero attached hydrogens (tertiary/aromatic N) is 2. The van der Waals surface area contributed by atoms with Gasteiger partial charge in [-0.1, -0.05) is 30.3 Å². The van der Waals surface area contributed by atoms with Gasteiger partial charge in [-0.3, -0.25) is 14.8 Å². The quantitative estimate of drug-likeness (QED) is 0.167. The molecular formula is C35H30N6O. The average molecular weight is 551 g/mol. The van der Waals surface area contributed by atoms with Crippen molar-refractivity contribution in [2.24, 2.45) is 0 Å². The lowest BCUT2D eigenvalue weighted by Gasteiger charge is -2.08. The second kappa shape index (κ2) is 11.4. The molecule has 0 aliphatic rings. The van der Waals surface area contributed by atoms with Crippen molar-refractivity contribution < 1.29 is 4.79 Å². The molecule has 0 aliphatic carbocycles. The Morgan fingerprint density at radius 3 is 1.81 bits per heavy atom. The maximum atomic E-state index is 12.5. The largest absolute Gasteiger partial charge is 0.397 e. The summed E-state index contributed by atoms with van der Waals surface area (Å²) in [5, 5.41) is 5.19. The Balaban J connectivity index is 0.000000162. The molecule has 0 aliphatic heterocycles. The van der Waals surface area contributed by atoms with Gasteiger partial charge >= 0.3 is 0 Å². The third-order valence-electron chi connectivity index (χ3n) is 6.94. The van der Waals surface area contributed by atoms with Gasteiger partial charge in [0, 0.05) is 28.7 Å². The normalized spacial score (nSPS) is 10.8. The van der Waals surface area contributed by atoms with Crippen molar-refractivity contribution in [3.8, 4) is 22.8 Å². The number of hydrogen-bond donors (Lipinski definition) is 4. The van der Waals surface area contributed by atoms with Crippen LogP contribution in [0.5, 0.6) is 0 Å². The van der Waals surface area contributed by atoms with E-state index in [1.165, 1.54) is 5.56 Å². The molecule has 7 heteroatoms. The van der Waals surface area contributed by atoms with Gasteiger partial charge in [-0.15, -0.1) is 0 Å². The van der Waals surface area contributed by atoms with Crippen LogP contribution in [-0.4, -0.2) is 25.8 Å². The molecule has 3 aromatic carbocycles. The number of nitrogens with one attached hydrogen (secondary N) is 3. The van der Waals surface area contributed by atoms with Crippen LogP contribution in [0.15, 0.2) is 116 Å². The molecular weight excluding hydrogens is 520 g/mol. The van der Waals surface area contributed by atoms with Crippen molar-refractivity contribution in [3.63, 3.8) is 0 Å². The summed E-state index contributed by atoms with van der Waals surface area (Å²) in [5.41, 5.74) is 16.0. The Bertz CT molecular complexity index is 1990. The minimum absolute atomic E-state index is 0.124. The smallest absolute Gasteiger partial charge is 0.255 e. The van der Waals surface area contributed by atoms with Gasteiger partial charge in [-0.25, -0.2) is 0 Å². The first-order valence-electron chi connectivity index (χ1n) is 13.7. The van der Waals surface area contributed by atoms with E-state index in [1.54, 1.807) is 24.5 Å². The lowest BCUT2D eigenvalue weighted by Crippen LogP contribution is -2.12. The molecule has 0 fully saturated rings. The van der Waals surface area contributed by atoms with Crippen LogP contribution in [0.3, 0.4) is 0 Å². The highest BCUT2D eigenvalue weighted by Crippen LogP contribution is 2.30. The number of anilines is 2. The van der Waals surface area contributed by atoms with Crippen LogP contribution in [0, 0.1) is 13.8 Å². The van der Waals surface area contributed by atoms with Crippen molar-refractivity contribution in [3.05, 3.63) is 132 Å². The van der Waals surface area contributed by atoms with E-state index < -0.39 is 0 Å². The summed E-state index contributed by atoms with van der Waals surface area (Å²) in [6.45, 7) is 4.06. The zero-order valence-corrected chi connectivity index (χ0v) is 23.3. The number of nitrogens with two attached hydrogens (primary N) is 1. The van der Waals surface area contributed by atoms with Crippen LogP contribution < -0.4 is 11.1 Å². The molecule has 5 N–H and O–H groups in total. The number of aromatic amines is 2. The summed E-state index contributed by atoms with van der Waals surface area (Å²) in [7, 11) is 0. The number of carbonyl (C=O) groups excluding carboxylic acids is 1. The molecule has 7 nitrogen and oxygen atoms in total. The van der Waals surface area contributed by atoms with E-state index in [4.69, 9.17) is 5.73 Å². The molecule has 0 saturated heterocycles. The van der Waals surface area contributed by atoms with Crippen LogP contribution in [0.1, 0.15) is 21.5 Å². The van der Waals surface area contributed by atoms with Crippen LogP contribution >= 0.6 is 0 Å². The number of pyridine rings is 2. The highest BCUT2D eigenvalue weighted by atomic mass is 16.1. The van der Waals surface area contributed by atoms with Gasteiger partial charge in [0.15, 0.2) is 0 Å². The molecule has 7 aromatic rings. The lowest BCUT2D eigenvalue weighted by atomic mass is 10.1. The molecule has 0 radical (unpaired) electrons. The van der Waals surface area contributed by atoms with Gasteiger partial charge < -0.3 is 21.0 Å². The first kappa shape index (κ1) is 26.5. The first-order chi connectivity index (χ1) is 20.4. The SMILES string of the molecule is Cc1cc(N)c2[nH]c(-c3ccccn3)cc2c1.Cc1cc(NC(=O)c2ccccc2)c2[nH]c(-c3ccccn3)cc2c1. The summed E-state index contributed by atoms with van der Waals surface area (Å²) in [6, 6.07) is 33.2. The minimum atomic E-state index is -0.124. The van der Waals surface area contributed by atoms with Gasteiger partial charge in [0.25, 0.3) is 5.91 Å². The van der Waals surface area contributed by atoms with E-state index in [-0.39, 0.29) is 5.91 Å². The van der Waals surface area contributed by atoms with Crippen LogP contribution in [0.2, 0.25) is 0 Å². The highest BCUT2D eigenvalue weighted by Gasteiger charge is 2.12. The second-order valence-electron chi connectivity index (χ2n) is 10.2. The molecule has 0 saturated carbocycles. The Kier molecular flexibility index (Phi) is 7.22. The van der Waals surface area contributed by atoms with E-state index in [0.29, 0.717) is 5.56 Å². The molecule has 0 bridgehead atoms. The Morgan fingerprint density at radius 2 is 1.21 bits per heavy atom. The average Bonchev–Trinajstić information content (AvgIpc) is 3.64. The molecule has 4 heterocycles. The molecule has 0 unspecified atom stereocenters. The van der Waals surface area contributed by atoms with Crippen molar-refractivity contribution >= 4 is 39.1 Å². The highest BCUT2D eigenvalue weighted by molar-refractivity contribution is 6.09. The number of hydrogen-bond acceptors (Lipinski definition) is 4. The Morgan fingerprint density at radius 1 is 0.667 bits per heavy atom. The van der Waals surface area contributed by atoms with Crippen molar-refractivity contribution in [2.75, 3.05) is 11.1 Å². The van der Waals surface area contributed by atoms with Gasteiger partial charge in [-0.05, 0) is 97.8 Å². The number of benzene rings is 3. The fraction of sp³-hybridized carbons (Fsp3) is 0.0571. The van der Waals surface area contributed by atoms with Gasteiger partial charge in [0.1, 0.15) is 0 Å². The number of H-pyrrole nitrogens is 2. The number of carbonyl (C=O) groups is 1. The van der Waals surface area contributed by atoms with E-state index >= 15 is 0 Å². The molecule has 206 valence electrons. The summed E-state index contributed by atoms with van der Waals surface area (Å²) < 4.78 is 0. The molecule has 7 rings (SSSR count). The van der Waals surface area contributed by atoms with Crippen LogP contribution in [0.25, 0.3) is 44.6 Å². The third-order valence-corrected chi connectivity index (χ3v) is 6.94. The Hall–Kier alpha value is -5.69. The lowest BCUT2D eigenvalue weighted by molar-refractivity contribution is 0.102. The van der Waals surface area contributed by atoms with Crippen LogP contribution in [0.4, 0.5) is 11.4 Å². The predicted octanol–water partition coefficient (Wildman–Crippen LogP) is 7.91. The van der Waals surface area contributed by atoms with E-state index in [9.17, 15) is 4.79 Å². The summed E-state index contributed by atoms with van der Waals surface area (Å²) >= 11 is 0. The summed E-state index contributed by atoms with van der Waals surface area (Å²) in [4.78, 5) is 27.9. The predicted molar refractivity (Wildman–Crippen MR) is 171 cm³/mol. The van der Waals surface area contributed by atoms with Gasteiger partial charge in [-0.2, -0.15) is 0 Å². The molecule has 0 atom stereocenters. The van der Waals surface area contributed by atoms with Crippen LogP contribution in [-0.2, 0) is 0 Å². The third kappa shape index (κ3) is 5.62. The maximum absolute atomic E-state index is 12.5. The molecule has 0 spiro atoms. The second-order valence-corrected chi connectivity index (χ2v) is 10.2. The van der Waals surface area contributed by atoms with Gasteiger partial charge in [0.2, 0.25) is 0 Å². The van der Waals surface area contributed by atoms with Gasteiger partial charge in [0.05, 0.1) is 45.2 Å². The van der Waals surface area contributed by atoms with Crippen molar-refractivity contribution in [2.45, 2.75) is 13.8 Å². The van der Waals surface area contributed by atoms with E-state index in [2.05, 4.69) is 49.5 Å². The van der Waals surface area contributed by atoms with Crippen molar-refractivity contribution in [1.29, 1.82) is 0 Å². The zero-order chi connectivity index (χ0) is 29.1.